The molecule has 2 aromatic carbocycles. The molecule has 14 nitrogen and oxygen atoms in total. The SMILES string of the molecule is Cc1ccc(NC(=O)Nc2ccc(CC(=O)NC(CC(C)C)C(=O)NC(CNCCC(NC(=O)CC(C)(C)C)C(=O)O)C(=O)O)cc2)cc1. The first kappa shape index (κ1) is 40.2. The zero-order chi connectivity index (χ0) is 36.7. The highest BCUT2D eigenvalue weighted by molar-refractivity contribution is 5.99. The van der Waals surface area contributed by atoms with Crippen LogP contribution in [0.1, 0.15) is 65.0 Å². The average Bonchev–Trinajstić information content (AvgIpc) is 2.98. The van der Waals surface area contributed by atoms with Crippen LogP contribution in [0.2, 0.25) is 0 Å². The minimum Gasteiger partial charge on any atom is -0.480 e. The molecule has 3 atom stereocenters. The number of nitrogens with one attached hydrogen (secondary N) is 6. The van der Waals surface area contributed by atoms with Crippen LogP contribution in [0.15, 0.2) is 48.5 Å². The van der Waals surface area contributed by atoms with Crippen molar-refractivity contribution in [3.8, 4) is 0 Å². The topological polar surface area (TPSA) is 215 Å². The van der Waals surface area contributed by atoms with Gasteiger partial charge in [0.1, 0.15) is 18.1 Å². The molecule has 0 aromatic heterocycles. The fourth-order valence-corrected chi connectivity index (χ4v) is 4.72. The van der Waals surface area contributed by atoms with Crippen LogP contribution in [0, 0.1) is 18.3 Å². The summed E-state index contributed by atoms with van der Waals surface area (Å²) in [6, 6.07) is 10.1. The van der Waals surface area contributed by atoms with Gasteiger partial charge in [0.2, 0.25) is 17.7 Å². The standard InChI is InChI=1S/C35H50N6O8/c1-21(2)17-27(31(44)41-28(33(47)48)20-36-16-15-26(32(45)46)39-30(43)19-35(4,5)6)40-29(42)18-23-9-13-25(14-10-23)38-34(49)37-24-11-7-22(3)8-12-24/h7-14,21,26-28,36H,15-20H2,1-6H3,(H,39,43)(H,40,42)(H,41,44)(H,45,46)(H,47,48)(H2,37,38,49). The number of carboxylic acids is 2. The van der Waals surface area contributed by atoms with Gasteiger partial charge < -0.3 is 42.1 Å². The number of amides is 5. The Balaban J connectivity index is 1.91. The van der Waals surface area contributed by atoms with Gasteiger partial charge in [-0.1, -0.05) is 64.4 Å². The lowest BCUT2D eigenvalue weighted by molar-refractivity contribution is -0.143. The molecule has 5 amide bonds. The average molecular weight is 683 g/mol. The minimum atomic E-state index is -1.36. The molecule has 0 bridgehead atoms. The van der Waals surface area contributed by atoms with E-state index in [2.05, 4.69) is 31.9 Å². The highest BCUT2D eigenvalue weighted by Crippen LogP contribution is 2.18. The number of carbonyl (C=O) groups excluding carboxylic acids is 4. The first-order valence-electron chi connectivity index (χ1n) is 16.2. The van der Waals surface area contributed by atoms with Crippen molar-refractivity contribution in [3.05, 3.63) is 59.7 Å². The van der Waals surface area contributed by atoms with E-state index in [0.29, 0.717) is 16.9 Å². The summed E-state index contributed by atoms with van der Waals surface area (Å²) in [5.74, 6) is -4.06. The second kappa shape index (κ2) is 19.1. The molecule has 0 spiro atoms. The van der Waals surface area contributed by atoms with Gasteiger partial charge in [0.05, 0.1) is 6.42 Å². The third kappa shape index (κ3) is 16.1. The van der Waals surface area contributed by atoms with Crippen LogP contribution in [0.5, 0.6) is 0 Å². The van der Waals surface area contributed by atoms with Gasteiger partial charge in [-0.2, -0.15) is 0 Å². The second-order valence-electron chi connectivity index (χ2n) is 13.7. The van der Waals surface area contributed by atoms with E-state index in [4.69, 9.17) is 0 Å². The number of carboxylic acid groups (broad SMARTS) is 2. The molecule has 49 heavy (non-hydrogen) atoms. The van der Waals surface area contributed by atoms with Gasteiger partial charge in [-0.15, -0.1) is 0 Å². The summed E-state index contributed by atoms with van der Waals surface area (Å²) in [6.45, 7) is 11.1. The molecule has 0 aliphatic rings. The largest absolute Gasteiger partial charge is 0.480 e. The lowest BCUT2D eigenvalue weighted by Gasteiger charge is -2.23. The van der Waals surface area contributed by atoms with Crippen molar-refractivity contribution in [1.29, 1.82) is 0 Å². The molecule has 8 N–H and O–H groups in total. The number of benzene rings is 2. The third-order valence-electron chi connectivity index (χ3n) is 7.14. The molecular formula is C35H50N6O8. The van der Waals surface area contributed by atoms with E-state index in [1.807, 2.05) is 53.7 Å². The number of anilines is 2. The highest BCUT2D eigenvalue weighted by atomic mass is 16.4. The zero-order valence-corrected chi connectivity index (χ0v) is 29.0. The number of hydrogen-bond donors (Lipinski definition) is 8. The van der Waals surface area contributed by atoms with Crippen LogP contribution >= 0.6 is 0 Å². The van der Waals surface area contributed by atoms with Crippen molar-refractivity contribution in [1.82, 2.24) is 21.3 Å². The quantitative estimate of drug-likeness (QED) is 0.108. The lowest BCUT2D eigenvalue weighted by Crippen LogP contribution is -2.55. The Kier molecular flexibility index (Phi) is 15.7. The Bertz CT molecular complexity index is 1440. The number of aryl methyl sites for hydroxylation is 1. The number of hydrogen-bond acceptors (Lipinski definition) is 7. The molecule has 0 heterocycles. The van der Waals surface area contributed by atoms with Crippen LogP contribution in [-0.2, 0) is 30.4 Å². The van der Waals surface area contributed by atoms with Crippen LogP contribution in [0.25, 0.3) is 0 Å². The van der Waals surface area contributed by atoms with E-state index in [0.717, 1.165) is 5.56 Å². The molecule has 0 aliphatic carbocycles. The maximum atomic E-state index is 13.2. The third-order valence-corrected chi connectivity index (χ3v) is 7.14. The fourth-order valence-electron chi connectivity index (χ4n) is 4.72. The van der Waals surface area contributed by atoms with Crippen LogP contribution < -0.4 is 31.9 Å². The van der Waals surface area contributed by atoms with E-state index in [-0.39, 0.29) is 50.1 Å². The van der Waals surface area contributed by atoms with Gasteiger partial charge in [-0.05, 0) is 67.5 Å². The van der Waals surface area contributed by atoms with Gasteiger partial charge in [0, 0.05) is 24.3 Å². The molecule has 268 valence electrons. The van der Waals surface area contributed by atoms with Gasteiger partial charge in [0.25, 0.3) is 0 Å². The van der Waals surface area contributed by atoms with Gasteiger partial charge >= 0.3 is 18.0 Å². The maximum Gasteiger partial charge on any atom is 0.327 e. The van der Waals surface area contributed by atoms with Gasteiger partial charge in [0.15, 0.2) is 0 Å². The highest BCUT2D eigenvalue weighted by Gasteiger charge is 2.28. The summed E-state index contributed by atoms with van der Waals surface area (Å²) in [5, 5.41) is 35.1. The van der Waals surface area contributed by atoms with Gasteiger partial charge in [-0.3, -0.25) is 14.4 Å². The smallest absolute Gasteiger partial charge is 0.327 e. The predicted octanol–water partition coefficient (Wildman–Crippen LogP) is 3.27. The summed E-state index contributed by atoms with van der Waals surface area (Å²) in [7, 11) is 0. The molecule has 0 radical (unpaired) electrons. The molecular weight excluding hydrogens is 632 g/mol. The summed E-state index contributed by atoms with van der Waals surface area (Å²) >= 11 is 0. The first-order chi connectivity index (χ1) is 22.9. The zero-order valence-electron chi connectivity index (χ0n) is 29.0. The van der Waals surface area contributed by atoms with E-state index in [1.54, 1.807) is 36.4 Å². The number of aliphatic carboxylic acids is 2. The molecule has 0 fully saturated rings. The number of carbonyl (C=O) groups is 6. The van der Waals surface area contributed by atoms with Crippen molar-refractivity contribution in [2.24, 2.45) is 11.3 Å². The maximum absolute atomic E-state index is 13.2. The second-order valence-corrected chi connectivity index (χ2v) is 13.7. The molecule has 0 saturated carbocycles. The fraction of sp³-hybridized carbons (Fsp3) is 0.486. The Morgan fingerprint density at radius 1 is 0.714 bits per heavy atom. The molecule has 0 saturated heterocycles. The first-order valence-corrected chi connectivity index (χ1v) is 16.2. The van der Waals surface area contributed by atoms with Crippen molar-refractivity contribution in [2.45, 2.75) is 85.4 Å². The van der Waals surface area contributed by atoms with Crippen molar-refractivity contribution in [2.75, 3.05) is 23.7 Å². The Labute approximate surface area is 287 Å². The van der Waals surface area contributed by atoms with Crippen molar-refractivity contribution < 1.29 is 39.0 Å². The molecule has 14 heteroatoms. The van der Waals surface area contributed by atoms with Gasteiger partial charge in [-0.25, -0.2) is 14.4 Å². The molecule has 3 unspecified atom stereocenters. The molecule has 2 rings (SSSR count). The van der Waals surface area contributed by atoms with Crippen molar-refractivity contribution >= 4 is 47.1 Å². The van der Waals surface area contributed by atoms with E-state index < -0.39 is 53.8 Å². The van der Waals surface area contributed by atoms with Crippen LogP contribution in [0.4, 0.5) is 16.2 Å². The summed E-state index contributed by atoms with van der Waals surface area (Å²) < 4.78 is 0. The van der Waals surface area contributed by atoms with E-state index in [9.17, 15) is 39.0 Å². The lowest BCUT2D eigenvalue weighted by atomic mass is 9.92. The van der Waals surface area contributed by atoms with Crippen LogP contribution in [-0.4, -0.2) is 77.1 Å². The monoisotopic (exact) mass is 682 g/mol. The summed E-state index contributed by atoms with van der Waals surface area (Å²) in [6.07, 6.45) is 0.337. The number of rotatable bonds is 18. The Morgan fingerprint density at radius 2 is 1.24 bits per heavy atom. The number of urea groups is 1. The van der Waals surface area contributed by atoms with E-state index >= 15 is 0 Å². The summed E-state index contributed by atoms with van der Waals surface area (Å²) in [5.41, 5.74) is 2.54. The Hall–Kier alpha value is -4.98. The Morgan fingerprint density at radius 3 is 1.76 bits per heavy atom. The van der Waals surface area contributed by atoms with Crippen LogP contribution in [0.3, 0.4) is 0 Å². The normalized spacial score (nSPS) is 13.0. The van der Waals surface area contributed by atoms with E-state index in [1.165, 1.54) is 0 Å². The van der Waals surface area contributed by atoms with Crippen molar-refractivity contribution in [3.63, 3.8) is 0 Å². The summed E-state index contributed by atoms with van der Waals surface area (Å²) in [4.78, 5) is 74.1. The minimum absolute atomic E-state index is 0.00434. The molecule has 2 aromatic rings. The molecule has 0 aliphatic heterocycles. The predicted molar refractivity (Wildman–Crippen MR) is 186 cm³/mol.